The maximum Gasteiger partial charge on any atom is 0.335 e. The summed E-state index contributed by atoms with van der Waals surface area (Å²) in [5, 5.41) is 16.8. The van der Waals surface area contributed by atoms with Crippen LogP contribution in [0.1, 0.15) is 10.4 Å². The molecule has 4 nitrogen and oxygen atoms in total. The van der Waals surface area contributed by atoms with Gasteiger partial charge in [0.05, 0.1) is 5.56 Å². The zero-order valence-corrected chi connectivity index (χ0v) is 7.03. The minimum absolute atomic E-state index is 0.0314. The lowest BCUT2D eigenvalue weighted by Crippen LogP contribution is -2.00. The minimum Gasteiger partial charge on any atom is -0.479 e. The Morgan fingerprint density at radius 1 is 1.57 bits per heavy atom. The van der Waals surface area contributed by atoms with E-state index in [2.05, 4.69) is 0 Å². The molecule has 0 amide bonds. The van der Waals surface area contributed by atoms with Gasteiger partial charge < -0.3 is 9.84 Å². The smallest absolute Gasteiger partial charge is 0.335 e. The number of carboxylic acids is 1. The number of carboxylic acid groups (broad SMARTS) is 1. The zero-order chi connectivity index (χ0) is 10.6. The van der Waals surface area contributed by atoms with Gasteiger partial charge in [-0.05, 0) is 12.1 Å². The molecule has 0 unspecified atom stereocenters. The monoisotopic (exact) mass is 195 g/mol. The summed E-state index contributed by atoms with van der Waals surface area (Å²) < 4.78 is 17.6. The summed E-state index contributed by atoms with van der Waals surface area (Å²) in [6.45, 7) is -0.248. The lowest BCUT2D eigenvalue weighted by Gasteiger charge is -2.02. The standard InChI is InChI=1S/C9H6FNO3/c10-7-3-6(9(12)13)4-8(5-7)14-2-1-11/h3-5H,2H2,(H,12,13). The Morgan fingerprint density at radius 3 is 2.86 bits per heavy atom. The highest BCUT2D eigenvalue weighted by Gasteiger charge is 2.07. The van der Waals surface area contributed by atoms with Gasteiger partial charge in [0.25, 0.3) is 0 Å². The summed E-state index contributed by atoms with van der Waals surface area (Å²) in [6, 6.07) is 4.74. The third-order valence-corrected chi connectivity index (χ3v) is 1.42. The Kier molecular flexibility index (Phi) is 3.02. The van der Waals surface area contributed by atoms with Crippen LogP contribution in [-0.4, -0.2) is 17.7 Å². The van der Waals surface area contributed by atoms with Crippen LogP contribution in [0.25, 0.3) is 0 Å². The highest BCUT2D eigenvalue weighted by atomic mass is 19.1. The van der Waals surface area contributed by atoms with Crippen molar-refractivity contribution in [3.63, 3.8) is 0 Å². The third-order valence-electron chi connectivity index (χ3n) is 1.42. The van der Waals surface area contributed by atoms with Crippen molar-refractivity contribution in [2.24, 2.45) is 0 Å². The van der Waals surface area contributed by atoms with Crippen LogP contribution in [0.2, 0.25) is 0 Å². The first kappa shape index (κ1) is 9.99. The second-order valence-corrected chi connectivity index (χ2v) is 2.43. The quantitative estimate of drug-likeness (QED) is 0.791. The van der Waals surface area contributed by atoms with E-state index in [0.29, 0.717) is 0 Å². The number of nitriles is 1. The van der Waals surface area contributed by atoms with Crippen molar-refractivity contribution in [3.8, 4) is 11.8 Å². The van der Waals surface area contributed by atoms with Gasteiger partial charge in [0.2, 0.25) is 0 Å². The molecular formula is C9H6FNO3. The van der Waals surface area contributed by atoms with Crippen molar-refractivity contribution in [1.82, 2.24) is 0 Å². The molecule has 1 rings (SSSR count). The molecule has 1 aromatic carbocycles. The largest absolute Gasteiger partial charge is 0.479 e. The number of aromatic carboxylic acids is 1. The fourth-order valence-electron chi connectivity index (χ4n) is 0.885. The van der Waals surface area contributed by atoms with Crippen molar-refractivity contribution in [2.75, 3.05) is 6.61 Å². The number of ether oxygens (including phenoxy) is 1. The van der Waals surface area contributed by atoms with Crippen LogP contribution in [0.15, 0.2) is 18.2 Å². The predicted octanol–water partition coefficient (Wildman–Crippen LogP) is 1.43. The molecule has 0 heterocycles. The Labute approximate surface area is 79.2 Å². The first-order valence-electron chi connectivity index (χ1n) is 3.67. The van der Waals surface area contributed by atoms with Crippen LogP contribution in [0.3, 0.4) is 0 Å². The predicted molar refractivity (Wildman–Crippen MR) is 44.5 cm³/mol. The third kappa shape index (κ3) is 2.45. The van der Waals surface area contributed by atoms with Gasteiger partial charge in [-0.15, -0.1) is 0 Å². The molecule has 0 aliphatic heterocycles. The van der Waals surface area contributed by atoms with Gasteiger partial charge in [0.1, 0.15) is 17.6 Å². The first-order valence-corrected chi connectivity index (χ1v) is 3.67. The molecule has 0 atom stereocenters. The first-order chi connectivity index (χ1) is 6.63. The maximum absolute atomic E-state index is 12.8. The van der Waals surface area contributed by atoms with Crippen molar-refractivity contribution in [1.29, 1.82) is 5.26 Å². The number of nitrogens with zero attached hydrogens (tertiary/aromatic N) is 1. The van der Waals surface area contributed by atoms with E-state index in [9.17, 15) is 9.18 Å². The van der Waals surface area contributed by atoms with E-state index in [-0.39, 0.29) is 17.9 Å². The Hall–Kier alpha value is -2.09. The van der Waals surface area contributed by atoms with E-state index in [4.69, 9.17) is 15.1 Å². The fraction of sp³-hybridized carbons (Fsp3) is 0.111. The van der Waals surface area contributed by atoms with Crippen LogP contribution < -0.4 is 4.74 Å². The normalized spacial score (nSPS) is 9.14. The van der Waals surface area contributed by atoms with Gasteiger partial charge in [-0.3, -0.25) is 0 Å². The average molecular weight is 195 g/mol. The van der Waals surface area contributed by atoms with Crippen LogP contribution in [0.5, 0.6) is 5.75 Å². The van der Waals surface area contributed by atoms with Crippen LogP contribution >= 0.6 is 0 Å². The summed E-state index contributed by atoms with van der Waals surface area (Å²) >= 11 is 0. The van der Waals surface area contributed by atoms with E-state index in [0.717, 1.165) is 18.2 Å². The molecule has 0 saturated carbocycles. The summed E-state index contributed by atoms with van der Waals surface area (Å²) in [5.41, 5.74) is -0.210. The van der Waals surface area contributed by atoms with E-state index >= 15 is 0 Å². The highest BCUT2D eigenvalue weighted by Crippen LogP contribution is 2.16. The molecule has 0 aliphatic rings. The van der Waals surface area contributed by atoms with E-state index in [1.807, 2.05) is 0 Å². The molecule has 72 valence electrons. The molecule has 1 N–H and O–H groups in total. The van der Waals surface area contributed by atoms with Gasteiger partial charge >= 0.3 is 5.97 Å². The van der Waals surface area contributed by atoms with Gasteiger partial charge in [0, 0.05) is 6.07 Å². The van der Waals surface area contributed by atoms with Crippen LogP contribution in [0, 0.1) is 17.1 Å². The summed E-state index contributed by atoms with van der Waals surface area (Å²) in [5.74, 6) is -1.92. The zero-order valence-electron chi connectivity index (χ0n) is 7.03. The van der Waals surface area contributed by atoms with Gasteiger partial charge in [-0.25, -0.2) is 9.18 Å². The summed E-state index contributed by atoms with van der Waals surface area (Å²) in [7, 11) is 0. The lowest BCUT2D eigenvalue weighted by molar-refractivity contribution is 0.0696. The van der Waals surface area contributed by atoms with E-state index < -0.39 is 11.8 Å². The van der Waals surface area contributed by atoms with Gasteiger partial charge in [-0.2, -0.15) is 5.26 Å². The van der Waals surface area contributed by atoms with Gasteiger partial charge in [-0.1, -0.05) is 0 Å². The molecule has 0 spiro atoms. The Balaban J connectivity index is 2.96. The number of carbonyl (C=O) groups is 1. The maximum atomic E-state index is 12.8. The summed E-state index contributed by atoms with van der Waals surface area (Å²) in [4.78, 5) is 10.5. The Morgan fingerprint density at radius 2 is 2.29 bits per heavy atom. The molecule has 5 heteroatoms. The molecule has 1 aromatic rings. The molecule has 14 heavy (non-hydrogen) atoms. The van der Waals surface area contributed by atoms with Crippen molar-refractivity contribution >= 4 is 5.97 Å². The van der Waals surface area contributed by atoms with E-state index in [1.165, 1.54) is 0 Å². The number of halogens is 1. The SMILES string of the molecule is N#CCOc1cc(F)cc(C(=O)O)c1. The summed E-state index contributed by atoms with van der Waals surface area (Å²) in [6.07, 6.45) is 0. The highest BCUT2D eigenvalue weighted by molar-refractivity contribution is 5.88. The molecule has 0 radical (unpaired) electrons. The number of benzene rings is 1. The van der Waals surface area contributed by atoms with Crippen molar-refractivity contribution in [2.45, 2.75) is 0 Å². The number of hydrogen-bond donors (Lipinski definition) is 1. The molecule has 0 aromatic heterocycles. The minimum atomic E-state index is -1.24. The van der Waals surface area contributed by atoms with Crippen LogP contribution in [-0.2, 0) is 0 Å². The molecule has 0 aliphatic carbocycles. The lowest BCUT2D eigenvalue weighted by atomic mass is 10.2. The Bertz CT molecular complexity index is 398. The topological polar surface area (TPSA) is 70.3 Å². The van der Waals surface area contributed by atoms with E-state index in [1.54, 1.807) is 6.07 Å². The molecule has 0 bridgehead atoms. The molecule has 0 fully saturated rings. The average Bonchev–Trinajstić information content (AvgIpc) is 2.14. The van der Waals surface area contributed by atoms with Gasteiger partial charge in [0.15, 0.2) is 6.61 Å². The fourth-order valence-corrected chi connectivity index (χ4v) is 0.885. The second kappa shape index (κ2) is 4.23. The van der Waals surface area contributed by atoms with Crippen LogP contribution in [0.4, 0.5) is 4.39 Å². The number of rotatable bonds is 3. The van der Waals surface area contributed by atoms with Crippen molar-refractivity contribution in [3.05, 3.63) is 29.6 Å². The molecule has 0 saturated heterocycles. The molecular weight excluding hydrogens is 189 g/mol. The van der Waals surface area contributed by atoms with Crippen molar-refractivity contribution < 1.29 is 19.0 Å². The number of hydrogen-bond acceptors (Lipinski definition) is 3. The second-order valence-electron chi connectivity index (χ2n) is 2.43.